The lowest BCUT2D eigenvalue weighted by molar-refractivity contribution is -0.119. The van der Waals surface area contributed by atoms with E-state index in [0.29, 0.717) is 16.7 Å². The zero-order valence-corrected chi connectivity index (χ0v) is 17.2. The second-order valence-electron chi connectivity index (χ2n) is 7.44. The fourth-order valence-electron chi connectivity index (χ4n) is 3.44. The first-order valence-corrected chi connectivity index (χ1v) is 10.1. The van der Waals surface area contributed by atoms with Crippen LogP contribution in [-0.4, -0.2) is 28.6 Å². The Balaban J connectivity index is 1.46. The number of amides is 2. The first-order valence-electron chi connectivity index (χ1n) is 10.1. The first-order chi connectivity index (χ1) is 15.5. The molecule has 1 aromatic heterocycles. The molecule has 0 aliphatic rings. The summed E-state index contributed by atoms with van der Waals surface area (Å²) in [4.78, 5) is 41.5. The highest BCUT2D eigenvalue weighted by atomic mass is 16.2. The third-order valence-corrected chi connectivity index (χ3v) is 5.19. The van der Waals surface area contributed by atoms with Gasteiger partial charge in [0.25, 0.3) is 5.91 Å². The smallest absolute Gasteiger partial charge is 0.253 e. The quantitative estimate of drug-likeness (QED) is 0.445. The zero-order valence-electron chi connectivity index (χ0n) is 17.2. The Bertz CT molecular complexity index is 1280. The Morgan fingerprint density at radius 3 is 2.19 bits per heavy atom. The van der Waals surface area contributed by atoms with Crippen molar-refractivity contribution in [1.29, 1.82) is 0 Å². The van der Waals surface area contributed by atoms with E-state index in [1.54, 1.807) is 42.5 Å². The van der Waals surface area contributed by atoms with Crippen molar-refractivity contribution in [2.75, 3.05) is 0 Å². The van der Waals surface area contributed by atoms with Crippen molar-refractivity contribution >= 4 is 28.5 Å². The van der Waals surface area contributed by atoms with Gasteiger partial charge in [0.15, 0.2) is 5.78 Å². The SMILES string of the molecule is NC(=O)[C@H](Cc1ccc(C(=O)c2ccccc2)cc1)NC(=O)c1cnc2ccccc2c1. The molecule has 3 aromatic carbocycles. The van der Waals surface area contributed by atoms with Gasteiger partial charge >= 0.3 is 0 Å². The van der Waals surface area contributed by atoms with E-state index in [1.165, 1.54) is 6.20 Å². The molecule has 0 aliphatic heterocycles. The number of primary amides is 1. The molecule has 4 rings (SSSR count). The van der Waals surface area contributed by atoms with Gasteiger partial charge in [0, 0.05) is 29.1 Å². The van der Waals surface area contributed by atoms with Crippen molar-refractivity contribution in [3.8, 4) is 0 Å². The molecule has 0 saturated carbocycles. The lowest BCUT2D eigenvalue weighted by atomic mass is 9.99. The number of nitrogens with two attached hydrogens (primary N) is 1. The van der Waals surface area contributed by atoms with Crippen LogP contribution in [0.5, 0.6) is 0 Å². The van der Waals surface area contributed by atoms with Crippen molar-refractivity contribution in [2.24, 2.45) is 5.73 Å². The number of benzene rings is 3. The van der Waals surface area contributed by atoms with Gasteiger partial charge in [-0.1, -0.05) is 72.8 Å². The molecule has 0 unspecified atom stereocenters. The number of hydrogen-bond donors (Lipinski definition) is 2. The lowest BCUT2D eigenvalue weighted by Gasteiger charge is -2.16. The maximum atomic E-state index is 12.7. The molecule has 0 fully saturated rings. The summed E-state index contributed by atoms with van der Waals surface area (Å²) in [6, 6.07) is 24.2. The second-order valence-corrected chi connectivity index (χ2v) is 7.44. The van der Waals surface area contributed by atoms with Crippen molar-refractivity contribution in [2.45, 2.75) is 12.5 Å². The van der Waals surface area contributed by atoms with Crippen LogP contribution >= 0.6 is 0 Å². The Hall–Kier alpha value is -4.32. The van der Waals surface area contributed by atoms with Crippen LogP contribution < -0.4 is 11.1 Å². The van der Waals surface area contributed by atoms with Crippen LogP contribution in [0.2, 0.25) is 0 Å². The molecular weight excluding hydrogens is 402 g/mol. The van der Waals surface area contributed by atoms with E-state index < -0.39 is 17.9 Å². The number of aromatic nitrogens is 1. The molecule has 158 valence electrons. The fourth-order valence-corrected chi connectivity index (χ4v) is 3.44. The topological polar surface area (TPSA) is 102 Å². The summed E-state index contributed by atoms with van der Waals surface area (Å²) in [6.45, 7) is 0. The van der Waals surface area contributed by atoms with Gasteiger partial charge in [0.05, 0.1) is 11.1 Å². The van der Waals surface area contributed by atoms with E-state index in [4.69, 9.17) is 5.73 Å². The number of rotatable bonds is 7. The van der Waals surface area contributed by atoms with Crippen LogP contribution in [0, 0.1) is 0 Å². The maximum absolute atomic E-state index is 12.7. The minimum Gasteiger partial charge on any atom is -0.368 e. The molecule has 0 spiro atoms. The number of ketones is 1. The van der Waals surface area contributed by atoms with E-state index in [9.17, 15) is 14.4 Å². The van der Waals surface area contributed by atoms with Gasteiger partial charge in [0.2, 0.25) is 5.91 Å². The molecular formula is C26H21N3O3. The molecule has 6 heteroatoms. The number of carbonyl (C=O) groups is 3. The number of nitrogens with zero attached hydrogens (tertiary/aromatic N) is 1. The summed E-state index contributed by atoms with van der Waals surface area (Å²) >= 11 is 0. The largest absolute Gasteiger partial charge is 0.368 e. The van der Waals surface area contributed by atoms with E-state index >= 15 is 0 Å². The third kappa shape index (κ3) is 4.70. The van der Waals surface area contributed by atoms with Crippen molar-refractivity contribution in [3.05, 3.63) is 113 Å². The number of carbonyl (C=O) groups excluding carboxylic acids is 3. The predicted octanol–water partition coefficient (Wildman–Crippen LogP) is 3.29. The third-order valence-electron chi connectivity index (χ3n) is 5.19. The van der Waals surface area contributed by atoms with Crippen LogP contribution in [0.25, 0.3) is 10.9 Å². The second kappa shape index (κ2) is 9.22. The minimum atomic E-state index is -0.898. The molecule has 4 aromatic rings. The number of hydrogen-bond acceptors (Lipinski definition) is 4. The molecule has 1 heterocycles. The van der Waals surface area contributed by atoms with Gasteiger partial charge < -0.3 is 11.1 Å². The van der Waals surface area contributed by atoms with Crippen molar-refractivity contribution < 1.29 is 14.4 Å². The molecule has 1 atom stereocenters. The summed E-state index contributed by atoms with van der Waals surface area (Å²) in [5, 5.41) is 3.52. The fraction of sp³-hybridized carbons (Fsp3) is 0.0769. The summed E-state index contributed by atoms with van der Waals surface area (Å²) < 4.78 is 0. The molecule has 0 saturated heterocycles. The van der Waals surface area contributed by atoms with E-state index in [2.05, 4.69) is 10.3 Å². The highest BCUT2D eigenvalue weighted by Gasteiger charge is 2.20. The number of fused-ring (bicyclic) bond motifs is 1. The summed E-state index contributed by atoms with van der Waals surface area (Å²) in [5.74, 6) is -1.15. The monoisotopic (exact) mass is 423 g/mol. The van der Waals surface area contributed by atoms with Gasteiger partial charge in [0.1, 0.15) is 6.04 Å². The molecule has 0 radical (unpaired) electrons. The maximum Gasteiger partial charge on any atom is 0.253 e. The van der Waals surface area contributed by atoms with Crippen LogP contribution in [-0.2, 0) is 11.2 Å². The van der Waals surface area contributed by atoms with Crippen molar-refractivity contribution in [3.63, 3.8) is 0 Å². The Labute approximate surface area is 185 Å². The molecule has 6 nitrogen and oxygen atoms in total. The van der Waals surface area contributed by atoms with Gasteiger partial charge in [-0.25, -0.2) is 0 Å². The average Bonchev–Trinajstić information content (AvgIpc) is 2.83. The van der Waals surface area contributed by atoms with Crippen LogP contribution in [0.1, 0.15) is 31.8 Å². The van der Waals surface area contributed by atoms with Gasteiger partial charge in [-0.2, -0.15) is 0 Å². The van der Waals surface area contributed by atoms with Gasteiger partial charge in [-0.15, -0.1) is 0 Å². The number of pyridine rings is 1. The van der Waals surface area contributed by atoms with Gasteiger partial charge in [-0.3, -0.25) is 19.4 Å². The number of para-hydroxylation sites is 1. The number of nitrogens with one attached hydrogen (secondary N) is 1. The van der Waals surface area contributed by atoms with Crippen LogP contribution in [0.3, 0.4) is 0 Å². The minimum absolute atomic E-state index is 0.0827. The summed E-state index contributed by atoms with van der Waals surface area (Å²) in [6.07, 6.45) is 1.68. The average molecular weight is 423 g/mol. The van der Waals surface area contributed by atoms with Crippen LogP contribution in [0.15, 0.2) is 91.1 Å². The highest BCUT2D eigenvalue weighted by Crippen LogP contribution is 2.14. The van der Waals surface area contributed by atoms with Crippen LogP contribution in [0.4, 0.5) is 0 Å². The predicted molar refractivity (Wildman–Crippen MR) is 122 cm³/mol. The van der Waals surface area contributed by atoms with Crippen molar-refractivity contribution in [1.82, 2.24) is 10.3 Å². The normalized spacial score (nSPS) is 11.6. The molecule has 2 amide bonds. The Morgan fingerprint density at radius 2 is 1.47 bits per heavy atom. The first kappa shape index (κ1) is 20.9. The van der Waals surface area contributed by atoms with E-state index in [0.717, 1.165) is 16.5 Å². The Kier molecular flexibility index (Phi) is 6.03. The molecule has 0 bridgehead atoms. The molecule has 3 N–H and O–H groups in total. The molecule has 0 aliphatic carbocycles. The van der Waals surface area contributed by atoms with Gasteiger partial charge in [-0.05, 0) is 17.7 Å². The Morgan fingerprint density at radius 1 is 0.812 bits per heavy atom. The highest BCUT2D eigenvalue weighted by molar-refractivity contribution is 6.09. The summed E-state index contributed by atoms with van der Waals surface area (Å²) in [7, 11) is 0. The van der Waals surface area contributed by atoms with E-state index in [1.807, 2.05) is 42.5 Å². The standard InChI is InChI=1S/C26H21N3O3/c27-25(31)23(29-26(32)21-15-20-8-4-5-9-22(20)28-16-21)14-17-10-12-19(13-11-17)24(30)18-6-2-1-3-7-18/h1-13,15-16,23H,14H2,(H2,27,31)(H,29,32)/t23-/m0/s1. The molecule has 32 heavy (non-hydrogen) atoms. The lowest BCUT2D eigenvalue weighted by Crippen LogP contribution is -2.45. The zero-order chi connectivity index (χ0) is 22.5. The van der Waals surface area contributed by atoms with E-state index in [-0.39, 0.29) is 12.2 Å². The summed E-state index contributed by atoms with van der Waals surface area (Å²) in [5.41, 5.74) is 8.58.